The summed E-state index contributed by atoms with van der Waals surface area (Å²) in [4.78, 5) is 4.61. The quantitative estimate of drug-likeness (QED) is 0.384. The van der Waals surface area contributed by atoms with Crippen molar-refractivity contribution >= 4 is 16.0 Å². The summed E-state index contributed by atoms with van der Waals surface area (Å²) in [7, 11) is -1.58. The zero-order valence-electron chi connectivity index (χ0n) is 16.9. The molecule has 152 valence electrons. The maximum absolute atomic E-state index is 12.6. The van der Waals surface area contributed by atoms with Crippen LogP contribution in [0.4, 0.5) is 0 Å². The van der Waals surface area contributed by atoms with Crippen LogP contribution in [-0.2, 0) is 16.6 Å². The highest BCUT2D eigenvalue weighted by molar-refractivity contribution is 7.89. The summed E-state index contributed by atoms with van der Waals surface area (Å²) in [6, 6.07) is 7.14. The van der Waals surface area contributed by atoms with Crippen molar-refractivity contribution in [3.63, 3.8) is 0 Å². The van der Waals surface area contributed by atoms with E-state index in [1.165, 1.54) is 12.8 Å². The highest BCUT2D eigenvalue weighted by atomic mass is 32.2. The van der Waals surface area contributed by atoms with Gasteiger partial charge in [0, 0.05) is 33.2 Å². The van der Waals surface area contributed by atoms with Gasteiger partial charge in [-0.3, -0.25) is 4.99 Å². The molecule has 1 aliphatic rings. The fourth-order valence-electron chi connectivity index (χ4n) is 3.15. The lowest BCUT2D eigenvalue weighted by atomic mass is 10.1. The second kappa shape index (κ2) is 10.7. The van der Waals surface area contributed by atoms with Crippen molar-refractivity contribution in [2.24, 2.45) is 10.9 Å². The van der Waals surface area contributed by atoms with Crippen LogP contribution in [0.2, 0.25) is 0 Å². The fraction of sp³-hybridized carbons (Fsp3) is 0.650. The molecular weight excluding hydrogens is 360 g/mol. The van der Waals surface area contributed by atoms with Gasteiger partial charge in [-0.15, -0.1) is 0 Å². The largest absolute Gasteiger partial charge is 0.356 e. The summed E-state index contributed by atoms with van der Waals surface area (Å²) in [5, 5.41) is 6.60. The molecule has 0 aromatic heterocycles. The van der Waals surface area contributed by atoms with Gasteiger partial charge in [-0.1, -0.05) is 38.8 Å². The van der Waals surface area contributed by atoms with Gasteiger partial charge < -0.3 is 10.6 Å². The fourth-order valence-corrected chi connectivity index (χ4v) is 4.66. The first-order valence-electron chi connectivity index (χ1n) is 9.97. The van der Waals surface area contributed by atoms with Gasteiger partial charge in [0.15, 0.2) is 5.96 Å². The monoisotopic (exact) mass is 394 g/mol. The van der Waals surface area contributed by atoms with E-state index < -0.39 is 10.0 Å². The predicted molar refractivity (Wildman–Crippen MR) is 111 cm³/mol. The summed E-state index contributed by atoms with van der Waals surface area (Å²) < 4.78 is 26.7. The number of nitrogens with zero attached hydrogens (tertiary/aromatic N) is 2. The van der Waals surface area contributed by atoms with E-state index in [4.69, 9.17) is 0 Å². The van der Waals surface area contributed by atoms with Crippen molar-refractivity contribution in [2.75, 3.05) is 26.7 Å². The van der Waals surface area contributed by atoms with Gasteiger partial charge in [0.2, 0.25) is 10.0 Å². The maximum Gasteiger partial charge on any atom is 0.243 e. The highest BCUT2D eigenvalue weighted by Crippen LogP contribution is 2.21. The molecule has 0 aliphatic carbocycles. The van der Waals surface area contributed by atoms with Crippen molar-refractivity contribution in [1.29, 1.82) is 0 Å². The number of sulfonamides is 1. The van der Waals surface area contributed by atoms with E-state index in [1.54, 1.807) is 23.5 Å². The Morgan fingerprint density at radius 2 is 1.78 bits per heavy atom. The molecule has 1 aromatic rings. The molecule has 1 aliphatic heterocycles. The predicted octanol–water partition coefficient (Wildman–Crippen LogP) is 2.96. The highest BCUT2D eigenvalue weighted by Gasteiger charge is 2.26. The number of hydrogen-bond donors (Lipinski definition) is 2. The van der Waals surface area contributed by atoms with E-state index in [-0.39, 0.29) is 0 Å². The minimum Gasteiger partial charge on any atom is -0.356 e. The zero-order valence-corrected chi connectivity index (χ0v) is 17.7. The van der Waals surface area contributed by atoms with Gasteiger partial charge in [0.25, 0.3) is 0 Å². The molecule has 0 spiro atoms. The van der Waals surface area contributed by atoms with E-state index >= 15 is 0 Å². The smallest absolute Gasteiger partial charge is 0.243 e. The molecule has 27 heavy (non-hydrogen) atoms. The molecule has 2 rings (SSSR count). The van der Waals surface area contributed by atoms with Gasteiger partial charge in [-0.2, -0.15) is 4.31 Å². The molecule has 1 heterocycles. The van der Waals surface area contributed by atoms with Crippen LogP contribution < -0.4 is 10.6 Å². The Bertz CT molecular complexity index is 693. The Labute approximate surface area is 164 Å². The van der Waals surface area contributed by atoms with Gasteiger partial charge >= 0.3 is 0 Å². The zero-order chi connectivity index (χ0) is 19.7. The molecule has 1 saturated heterocycles. The third-order valence-electron chi connectivity index (χ3n) is 4.81. The van der Waals surface area contributed by atoms with Gasteiger partial charge in [0.1, 0.15) is 0 Å². The minimum absolute atomic E-state index is 0.376. The van der Waals surface area contributed by atoms with Crippen LogP contribution in [0.5, 0.6) is 0 Å². The summed E-state index contributed by atoms with van der Waals surface area (Å²) in [6.45, 7) is 7.26. The van der Waals surface area contributed by atoms with E-state index in [0.29, 0.717) is 24.5 Å². The van der Waals surface area contributed by atoms with Crippen LogP contribution >= 0.6 is 0 Å². The third-order valence-corrected chi connectivity index (χ3v) is 6.72. The van der Waals surface area contributed by atoms with Crippen molar-refractivity contribution in [2.45, 2.75) is 57.4 Å². The number of benzene rings is 1. The molecule has 1 aromatic carbocycles. The molecule has 7 heteroatoms. The Morgan fingerprint density at radius 1 is 1.11 bits per heavy atom. The number of hydrogen-bond acceptors (Lipinski definition) is 3. The number of aliphatic imine (C=N–C) groups is 1. The van der Waals surface area contributed by atoms with Crippen LogP contribution in [-0.4, -0.2) is 45.4 Å². The molecule has 0 amide bonds. The Hall–Kier alpha value is -1.60. The molecule has 6 nitrogen and oxygen atoms in total. The van der Waals surface area contributed by atoms with Crippen LogP contribution in [0, 0.1) is 5.92 Å². The van der Waals surface area contributed by atoms with Crippen LogP contribution in [0.3, 0.4) is 0 Å². The van der Waals surface area contributed by atoms with Gasteiger partial charge in [-0.25, -0.2) is 8.42 Å². The standard InChI is InChI=1S/C20H34N4O2S/c1-17(2)8-4-5-13-22-20(21-3)23-16-18-9-11-19(12-10-18)27(25,26)24-14-6-7-15-24/h9-12,17H,4-8,13-16H2,1-3H3,(H2,21,22,23). The average Bonchev–Trinajstić information content (AvgIpc) is 3.19. The van der Waals surface area contributed by atoms with Crippen LogP contribution in [0.25, 0.3) is 0 Å². The van der Waals surface area contributed by atoms with E-state index in [1.807, 2.05) is 12.1 Å². The summed E-state index contributed by atoms with van der Waals surface area (Å²) in [5.74, 6) is 1.52. The molecule has 0 atom stereocenters. The van der Waals surface area contributed by atoms with Gasteiger partial charge in [0.05, 0.1) is 4.90 Å². The second-order valence-electron chi connectivity index (χ2n) is 7.50. The Morgan fingerprint density at radius 3 is 2.37 bits per heavy atom. The molecule has 1 fully saturated rings. The molecular formula is C20H34N4O2S. The lowest BCUT2D eigenvalue weighted by molar-refractivity contribution is 0.477. The lowest BCUT2D eigenvalue weighted by Crippen LogP contribution is -2.37. The Balaban J connectivity index is 1.80. The first kappa shape index (κ1) is 21.7. The normalized spacial score (nSPS) is 16.1. The Kier molecular flexibility index (Phi) is 8.57. The third kappa shape index (κ3) is 6.81. The van der Waals surface area contributed by atoms with E-state index in [2.05, 4.69) is 29.5 Å². The molecule has 0 unspecified atom stereocenters. The molecule has 0 saturated carbocycles. The number of nitrogens with one attached hydrogen (secondary N) is 2. The minimum atomic E-state index is -3.34. The first-order valence-corrected chi connectivity index (χ1v) is 11.4. The number of rotatable bonds is 9. The average molecular weight is 395 g/mol. The SMILES string of the molecule is CN=C(NCCCCC(C)C)NCc1ccc(S(=O)(=O)N2CCCC2)cc1. The van der Waals surface area contributed by atoms with Gasteiger partial charge in [-0.05, 0) is 42.9 Å². The summed E-state index contributed by atoms with van der Waals surface area (Å²) in [6.07, 6.45) is 5.49. The topological polar surface area (TPSA) is 73.8 Å². The van der Waals surface area contributed by atoms with Crippen LogP contribution in [0.15, 0.2) is 34.2 Å². The summed E-state index contributed by atoms with van der Waals surface area (Å²) in [5.41, 5.74) is 1.03. The summed E-state index contributed by atoms with van der Waals surface area (Å²) >= 11 is 0. The first-order chi connectivity index (χ1) is 12.9. The molecule has 0 radical (unpaired) electrons. The van der Waals surface area contributed by atoms with Crippen molar-refractivity contribution in [3.05, 3.63) is 29.8 Å². The van der Waals surface area contributed by atoms with Crippen molar-refractivity contribution in [1.82, 2.24) is 14.9 Å². The van der Waals surface area contributed by atoms with E-state index in [0.717, 1.165) is 43.2 Å². The maximum atomic E-state index is 12.6. The van der Waals surface area contributed by atoms with Crippen molar-refractivity contribution in [3.8, 4) is 0 Å². The second-order valence-corrected chi connectivity index (χ2v) is 9.44. The number of unbranched alkanes of at least 4 members (excludes halogenated alkanes) is 1. The lowest BCUT2D eigenvalue weighted by Gasteiger charge is -2.16. The number of guanidine groups is 1. The van der Waals surface area contributed by atoms with Crippen molar-refractivity contribution < 1.29 is 8.42 Å². The van der Waals surface area contributed by atoms with E-state index in [9.17, 15) is 8.42 Å². The van der Waals surface area contributed by atoms with Crippen LogP contribution in [0.1, 0.15) is 51.5 Å². The molecule has 2 N–H and O–H groups in total. The molecule has 0 bridgehead atoms.